The van der Waals surface area contributed by atoms with E-state index in [0.717, 1.165) is 5.56 Å². The highest BCUT2D eigenvalue weighted by molar-refractivity contribution is 7.99. The lowest BCUT2D eigenvalue weighted by Gasteiger charge is -2.24. The maximum absolute atomic E-state index is 9.85. The molecule has 1 saturated carbocycles. The van der Waals surface area contributed by atoms with E-state index in [1.165, 1.54) is 25.3 Å². The first-order valence-corrected chi connectivity index (χ1v) is 7.71. The maximum Gasteiger partial charge on any atom is 0.120 e. The van der Waals surface area contributed by atoms with Gasteiger partial charge in [-0.25, -0.2) is 0 Å². The molecular weight excluding hydrogens is 246 g/mol. The zero-order valence-corrected chi connectivity index (χ0v) is 11.7. The smallest absolute Gasteiger partial charge is 0.120 e. The van der Waals surface area contributed by atoms with Gasteiger partial charge in [0, 0.05) is 22.9 Å². The lowest BCUT2D eigenvalue weighted by Crippen LogP contribution is -2.35. The third-order valence-corrected chi connectivity index (χ3v) is 4.87. The van der Waals surface area contributed by atoms with Crippen LogP contribution in [0, 0.1) is 0 Å². The van der Waals surface area contributed by atoms with E-state index in [1.54, 1.807) is 12.1 Å². The summed E-state index contributed by atoms with van der Waals surface area (Å²) in [5, 5.41) is 23.6. The maximum atomic E-state index is 9.85. The van der Waals surface area contributed by atoms with E-state index in [4.69, 9.17) is 0 Å². The minimum atomic E-state index is 0.0508. The summed E-state index contributed by atoms with van der Waals surface area (Å²) in [5.74, 6) is 0.441. The van der Waals surface area contributed by atoms with Crippen molar-refractivity contribution in [1.29, 1.82) is 0 Å². The van der Waals surface area contributed by atoms with E-state index < -0.39 is 0 Å². The molecule has 100 valence electrons. The first kappa shape index (κ1) is 13.6. The van der Waals surface area contributed by atoms with Crippen LogP contribution in [0.5, 0.6) is 11.5 Å². The molecule has 1 aromatic rings. The van der Waals surface area contributed by atoms with Gasteiger partial charge in [-0.3, -0.25) is 0 Å². The van der Waals surface area contributed by atoms with Crippen LogP contribution in [0.4, 0.5) is 0 Å². The first-order chi connectivity index (χ1) is 8.61. The molecule has 0 heterocycles. The van der Waals surface area contributed by atoms with E-state index in [-0.39, 0.29) is 17.5 Å². The van der Waals surface area contributed by atoms with Gasteiger partial charge in [0.1, 0.15) is 11.5 Å². The van der Waals surface area contributed by atoms with Crippen molar-refractivity contribution in [2.45, 2.75) is 43.5 Å². The molecule has 4 heteroatoms. The van der Waals surface area contributed by atoms with Gasteiger partial charge in [-0.15, -0.1) is 0 Å². The minimum absolute atomic E-state index is 0.0508. The molecule has 1 aromatic carbocycles. The Labute approximate surface area is 113 Å². The summed E-state index contributed by atoms with van der Waals surface area (Å²) in [7, 11) is 0. The standard InChI is InChI=1S/C14H21NO2S/c1-9(11-8-10(16)6-7-13(11)17)15-12-4-3-5-14(12)18-2/h6-9,12,14-17H,3-5H2,1-2H3. The molecular formula is C14H21NO2S. The lowest BCUT2D eigenvalue weighted by atomic mass is 10.1. The van der Waals surface area contributed by atoms with Crippen LogP contribution in [0.15, 0.2) is 18.2 Å². The molecule has 0 radical (unpaired) electrons. The van der Waals surface area contributed by atoms with Gasteiger partial charge in [0.2, 0.25) is 0 Å². The van der Waals surface area contributed by atoms with Crippen LogP contribution < -0.4 is 5.32 Å². The molecule has 0 saturated heterocycles. The molecule has 3 atom stereocenters. The summed E-state index contributed by atoms with van der Waals surface area (Å²) < 4.78 is 0. The van der Waals surface area contributed by atoms with E-state index in [0.29, 0.717) is 11.3 Å². The second-order valence-corrected chi connectivity index (χ2v) is 6.02. The Balaban J connectivity index is 2.07. The number of hydrogen-bond acceptors (Lipinski definition) is 4. The summed E-state index contributed by atoms with van der Waals surface area (Å²) in [6.07, 6.45) is 5.87. The molecule has 0 aromatic heterocycles. The predicted molar refractivity (Wildman–Crippen MR) is 76.3 cm³/mol. The van der Waals surface area contributed by atoms with Crippen molar-refractivity contribution in [3.05, 3.63) is 23.8 Å². The van der Waals surface area contributed by atoms with Gasteiger partial charge >= 0.3 is 0 Å². The Hall–Kier alpha value is -0.870. The molecule has 0 amide bonds. The predicted octanol–water partition coefficient (Wildman–Crippen LogP) is 3.03. The van der Waals surface area contributed by atoms with Crippen LogP contribution in [-0.2, 0) is 0 Å². The number of hydrogen-bond donors (Lipinski definition) is 3. The lowest BCUT2D eigenvalue weighted by molar-refractivity contribution is 0.422. The number of nitrogens with one attached hydrogen (secondary N) is 1. The van der Waals surface area contributed by atoms with Crippen LogP contribution in [0.1, 0.15) is 37.8 Å². The minimum Gasteiger partial charge on any atom is -0.508 e. The molecule has 1 aliphatic carbocycles. The second-order valence-electron chi connectivity index (χ2n) is 4.94. The van der Waals surface area contributed by atoms with Crippen molar-refractivity contribution >= 4 is 11.8 Å². The number of rotatable bonds is 4. The van der Waals surface area contributed by atoms with E-state index in [2.05, 4.69) is 11.6 Å². The van der Waals surface area contributed by atoms with Crippen molar-refractivity contribution in [2.24, 2.45) is 0 Å². The average molecular weight is 267 g/mol. The van der Waals surface area contributed by atoms with Crippen LogP contribution >= 0.6 is 11.8 Å². The van der Waals surface area contributed by atoms with E-state index in [9.17, 15) is 10.2 Å². The van der Waals surface area contributed by atoms with Crippen molar-refractivity contribution in [3.8, 4) is 11.5 Å². The highest BCUT2D eigenvalue weighted by atomic mass is 32.2. The zero-order valence-electron chi connectivity index (χ0n) is 10.9. The van der Waals surface area contributed by atoms with Gasteiger partial charge in [-0.1, -0.05) is 6.42 Å². The fourth-order valence-corrected chi connectivity index (χ4v) is 3.64. The Morgan fingerprint density at radius 3 is 2.83 bits per heavy atom. The quantitative estimate of drug-likeness (QED) is 0.734. The van der Waals surface area contributed by atoms with E-state index >= 15 is 0 Å². The average Bonchev–Trinajstić information content (AvgIpc) is 2.79. The third kappa shape index (κ3) is 2.93. The van der Waals surface area contributed by atoms with Crippen LogP contribution in [0.25, 0.3) is 0 Å². The summed E-state index contributed by atoms with van der Waals surface area (Å²) in [4.78, 5) is 0. The molecule has 18 heavy (non-hydrogen) atoms. The Morgan fingerprint density at radius 1 is 1.33 bits per heavy atom. The highest BCUT2D eigenvalue weighted by Gasteiger charge is 2.28. The molecule has 1 aliphatic rings. The molecule has 3 N–H and O–H groups in total. The fraction of sp³-hybridized carbons (Fsp3) is 0.571. The van der Waals surface area contributed by atoms with Crippen molar-refractivity contribution in [2.75, 3.05) is 6.26 Å². The highest BCUT2D eigenvalue weighted by Crippen LogP contribution is 2.32. The third-order valence-electron chi connectivity index (χ3n) is 3.70. The Kier molecular flexibility index (Phi) is 4.40. The van der Waals surface area contributed by atoms with Crippen LogP contribution in [-0.4, -0.2) is 27.8 Å². The molecule has 0 bridgehead atoms. The van der Waals surface area contributed by atoms with Gasteiger partial charge in [-0.2, -0.15) is 11.8 Å². The fourth-order valence-electron chi connectivity index (χ4n) is 2.70. The molecule has 0 spiro atoms. The van der Waals surface area contributed by atoms with Crippen LogP contribution in [0.2, 0.25) is 0 Å². The van der Waals surface area contributed by atoms with Crippen molar-refractivity contribution in [3.63, 3.8) is 0 Å². The van der Waals surface area contributed by atoms with Crippen LogP contribution in [0.3, 0.4) is 0 Å². The van der Waals surface area contributed by atoms with Gasteiger partial charge in [0.15, 0.2) is 0 Å². The summed E-state index contributed by atoms with van der Waals surface area (Å²) in [6, 6.07) is 5.23. The first-order valence-electron chi connectivity index (χ1n) is 6.42. The summed E-state index contributed by atoms with van der Waals surface area (Å²) >= 11 is 1.91. The monoisotopic (exact) mass is 267 g/mol. The van der Waals surface area contributed by atoms with E-state index in [1.807, 2.05) is 18.7 Å². The Bertz CT molecular complexity index is 411. The van der Waals surface area contributed by atoms with Gasteiger partial charge in [0.05, 0.1) is 0 Å². The van der Waals surface area contributed by atoms with Gasteiger partial charge in [-0.05, 0) is 44.2 Å². The number of phenolic OH excluding ortho intramolecular Hbond substituents is 2. The number of phenols is 2. The molecule has 2 rings (SSSR count). The van der Waals surface area contributed by atoms with Gasteiger partial charge in [0.25, 0.3) is 0 Å². The SMILES string of the molecule is CSC1CCCC1NC(C)c1cc(O)ccc1O. The Morgan fingerprint density at radius 2 is 2.11 bits per heavy atom. The molecule has 1 fully saturated rings. The second kappa shape index (κ2) is 5.85. The normalized spacial score (nSPS) is 25.2. The summed E-state index contributed by atoms with van der Waals surface area (Å²) in [6.45, 7) is 2.03. The molecule has 3 nitrogen and oxygen atoms in total. The topological polar surface area (TPSA) is 52.5 Å². The number of aromatic hydroxyl groups is 2. The zero-order chi connectivity index (χ0) is 13.1. The largest absolute Gasteiger partial charge is 0.508 e. The molecule has 0 aliphatic heterocycles. The van der Waals surface area contributed by atoms with Gasteiger partial charge < -0.3 is 15.5 Å². The number of benzene rings is 1. The number of thioether (sulfide) groups is 1. The van der Waals surface area contributed by atoms with Crippen molar-refractivity contribution in [1.82, 2.24) is 5.32 Å². The van der Waals surface area contributed by atoms with Crippen molar-refractivity contribution < 1.29 is 10.2 Å². The summed E-state index contributed by atoms with van der Waals surface area (Å²) in [5.41, 5.74) is 0.766. The molecule has 3 unspecified atom stereocenters.